The predicted molar refractivity (Wildman–Crippen MR) is 85.1 cm³/mol. The summed E-state index contributed by atoms with van der Waals surface area (Å²) < 4.78 is 0. The zero-order chi connectivity index (χ0) is 14.8. The lowest BCUT2D eigenvalue weighted by atomic mass is 10.0. The van der Waals surface area contributed by atoms with Gasteiger partial charge in [-0.15, -0.1) is 0 Å². The molecule has 21 heavy (non-hydrogen) atoms. The average Bonchev–Trinajstić information content (AvgIpc) is 3.29. The monoisotopic (exact) mass is 300 g/mol. The van der Waals surface area contributed by atoms with Gasteiger partial charge in [-0.1, -0.05) is 23.7 Å². The molecule has 4 heteroatoms. The molecule has 1 aromatic heterocycles. The van der Waals surface area contributed by atoms with Crippen LogP contribution in [0.3, 0.4) is 0 Å². The average molecular weight is 301 g/mol. The molecule has 0 amide bonds. The van der Waals surface area contributed by atoms with Crippen molar-refractivity contribution in [1.29, 1.82) is 0 Å². The normalized spacial score (nSPS) is 14.0. The highest BCUT2D eigenvalue weighted by Gasteiger charge is 2.22. The maximum absolute atomic E-state index is 12.7. The van der Waals surface area contributed by atoms with E-state index in [0.717, 1.165) is 18.2 Å². The van der Waals surface area contributed by atoms with Crippen molar-refractivity contribution in [2.24, 2.45) is 5.92 Å². The molecule has 1 aliphatic carbocycles. The standard InChI is InChI=1S/C17H17ClN2O/c1-11-5-8-15(17(20-11)19-10-12-6-7-12)16(21)13-3-2-4-14(18)9-13/h2-5,8-9,12H,6-7,10H2,1H3,(H,19,20). The number of nitrogens with one attached hydrogen (secondary N) is 1. The quantitative estimate of drug-likeness (QED) is 0.845. The molecule has 0 atom stereocenters. The number of aryl methyl sites for hydroxylation is 1. The van der Waals surface area contributed by atoms with Crippen LogP contribution < -0.4 is 5.32 Å². The fourth-order valence-corrected chi connectivity index (χ4v) is 2.41. The summed E-state index contributed by atoms with van der Waals surface area (Å²) in [5.41, 5.74) is 2.09. The fraction of sp³-hybridized carbons (Fsp3) is 0.294. The minimum absolute atomic E-state index is 0.0525. The molecular weight excluding hydrogens is 284 g/mol. The molecule has 1 N–H and O–H groups in total. The Morgan fingerprint density at radius 2 is 2.14 bits per heavy atom. The van der Waals surface area contributed by atoms with E-state index >= 15 is 0 Å². The summed E-state index contributed by atoms with van der Waals surface area (Å²) >= 11 is 5.97. The molecule has 1 fully saturated rings. The Hall–Kier alpha value is -1.87. The van der Waals surface area contributed by atoms with Crippen LogP contribution in [0.5, 0.6) is 0 Å². The van der Waals surface area contributed by atoms with Crippen molar-refractivity contribution in [2.45, 2.75) is 19.8 Å². The molecule has 2 aromatic rings. The number of aromatic nitrogens is 1. The minimum Gasteiger partial charge on any atom is -0.369 e. The number of halogens is 1. The van der Waals surface area contributed by atoms with Crippen LogP contribution in [0.1, 0.15) is 34.5 Å². The van der Waals surface area contributed by atoms with E-state index in [-0.39, 0.29) is 5.78 Å². The molecule has 1 heterocycles. The van der Waals surface area contributed by atoms with Gasteiger partial charge in [0.25, 0.3) is 0 Å². The third-order valence-corrected chi connectivity index (χ3v) is 3.86. The summed E-state index contributed by atoms with van der Waals surface area (Å²) in [5, 5.41) is 3.88. The first-order chi connectivity index (χ1) is 10.1. The van der Waals surface area contributed by atoms with Gasteiger partial charge in [0.15, 0.2) is 5.78 Å². The Labute approximate surface area is 129 Å². The second-order valence-corrected chi connectivity index (χ2v) is 5.95. The van der Waals surface area contributed by atoms with Gasteiger partial charge in [0, 0.05) is 22.8 Å². The topological polar surface area (TPSA) is 42.0 Å². The second kappa shape index (κ2) is 5.86. The van der Waals surface area contributed by atoms with Crippen LogP contribution in [0.4, 0.5) is 5.82 Å². The molecule has 1 aliphatic rings. The maximum Gasteiger partial charge on any atom is 0.196 e. The number of anilines is 1. The zero-order valence-electron chi connectivity index (χ0n) is 11.9. The number of carbonyl (C=O) groups is 1. The highest BCUT2D eigenvalue weighted by molar-refractivity contribution is 6.31. The molecule has 3 rings (SSSR count). The Kier molecular flexibility index (Phi) is 3.93. The summed E-state index contributed by atoms with van der Waals surface area (Å²) in [4.78, 5) is 17.1. The van der Waals surface area contributed by atoms with E-state index in [0.29, 0.717) is 22.0 Å². The first kappa shape index (κ1) is 14.1. The van der Waals surface area contributed by atoms with Gasteiger partial charge in [0.2, 0.25) is 0 Å². The molecule has 0 unspecified atom stereocenters. The van der Waals surface area contributed by atoms with Gasteiger partial charge < -0.3 is 5.32 Å². The molecule has 1 saturated carbocycles. The van der Waals surface area contributed by atoms with Crippen LogP contribution >= 0.6 is 11.6 Å². The van der Waals surface area contributed by atoms with Gasteiger partial charge in [0.05, 0.1) is 5.56 Å². The van der Waals surface area contributed by atoms with E-state index in [9.17, 15) is 4.79 Å². The predicted octanol–water partition coefficient (Wildman–Crippen LogP) is 4.10. The number of hydrogen-bond acceptors (Lipinski definition) is 3. The number of nitrogens with zero attached hydrogens (tertiary/aromatic N) is 1. The second-order valence-electron chi connectivity index (χ2n) is 5.51. The molecule has 0 spiro atoms. The number of carbonyl (C=O) groups excluding carboxylic acids is 1. The lowest BCUT2D eigenvalue weighted by molar-refractivity contribution is 0.103. The Balaban J connectivity index is 1.90. The first-order valence-electron chi connectivity index (χ1n) is 7.15. The van der Waals surface area contributed by atoms with Crippen LogP contribution in [-0.2, 0) is 0 Å². The van der Waals surface area contributed by atoms with Crippen LogP contribution in [0.25, 0.3) is 0 Å². The summed E-state index contributed by atoms with van der Waals surface area (Å²) in [7, 11) is 0. The number of hydrogen-bond donors (Lipinski definition) is 1. The molecule has 1 aromatic carbocycles. The van der Waals surface area contributed by atoms with E-state index in [1.807, 2.05) is 19.1 Å². The van der Waals surface area contributed by atoms with Crippen LogP contribution in [0.2, 0.25) is 5.02 Å². The Morgan fingerprint density at radius 1 is 1.33 bits per heavy atom. The number of benzene rings is 1. The third-order valence-electron chi connectivity index (χ3n) is 3.62. The highest BCUT2D eigenvalue weighted by atomic mass is 35.5. The summed E-state index contributed by atoms with van der Waals surface area (Å²) in [6.45, 7) is 2.81. The van der Waals surface area contributed by atoms with E-state index in [4.69, 9.17) is 11.6 Å². The fourth-order valence-electron chi connectivity index (χ4n) is 2.22. The van der Waals surface area contributed by atoms with Crippen LogP contribution in [0.15, 0.2) is 36.4 Å². The van der Waals surface area contributed by atoms with E-state index in [1.165, 1.54) is 12.8 Å². The number of ketones is 1. The molecular formula is C17H17ClN2O. The van der Waals surface area contributed by atoms with E-state index in [1.54, 1.807) is 24.3 Å². The Morgan fingerprint density at radius 3 is 2.86 bits per heavy atom. The van der Waals surface area contributed by atoms with Crippen molar-refractivity contribution in [3.05, 3.63) is 58.2 Å². The Bertz CT molecular complexity index is 680. The number of rotatable bonds is 5. The van der Waals surface area contributed by atoms with Crippen molar-refractivity contribution >= 4 is 23.2 Å². The highest BCUT2D eigenvalue weighted by Crippen LogP contribution is 2.29. The van der Waals surface area contributed by atoms with Gasteiger partial charge in [-0.25, -0.2) is 4.98 Å². The lowest BCUT2D eigenvalue weighted by Gasteiger charge is -2.11. The van der Waals surface area contributed by atoms with Gasteiger partial charge >= 0.3 is 0 Å². The van der Waals surface area contributed by atoms with Crippen molar-refractivity contribution in [3.8, 4) is 0 Å². The maximum atomic E-state index is 12.7. The minimum atomic E-state index is -0.0525. The van der Waals surface area contributed by atoms with E-state index in [2.05, 4.69) is 10.3 Å². The van der Waals surface area contributed by atoms with Crippen molar-refractivity contribution < 1.29 is 4.79 Å². The molecule has 108 valence electrons. The molecule has 0 radical (unpaired) electrons. The van der Waals surface area contributed by atoms with Crippen LogP contribution in [-0.4, -0.2) is 17.3 Å². The largest absolute Gasteiger partial charge is 0.369 e. The van der Waals surface area contributed by atoms with Crippen LogP contribution in [0, 0.1) is 12.8 Å². The van der Waals surface area contributed by atoms with Crippen molar-refractivity contribution in [2.75, 3.05) is 11.9 Å². The van der Waals surface area contributed by atoms with E-state index < -0.39 is 0 Å². The summed E-state index contributed by atoms with van der Waals surface area (Å²) in [6, 6.07) is 10.7. The molecule has 3 nitrogen and oxygen atoms in total. The lowest BCUT2D eigenvalue weighted by Crippen LogP contribution is -2.12. The van der Waals surface area contributed by atoms with Gasteiger partial charge in [-0.05, 0) is 49.9 Å². The first-order valence-corrected chi connectivity index (χ1v) is 7.53. The molecule has 0 bridgehead atoms. The van der Waals surface area contributed by atoms with Crippen molar-refractivity contribution in [3.63, 3.8) is 0 Å². The summed E-state index contributed by atoms with van der Waals surface area (Å²) in [5.74, 6) is 1.34. The SMILES string of the molecule is Cc1ccc(C(=O)c2cccc(Cl)c2)c(NCC2CC2)n1. The molecule has 0 saturated heterocycles. The number of pyridine rings is 1. The zero-order valence-corrected chi connectivity index (χ0v) is 12.7. The van der Waals surface area contributed by atoms with Gasteiger partial charge in [-0.3, -0.25) is 4.79 Å². The van der Waals surface area contributed by atoms with Gasteiger partial charge in [0.1, 0.15) is 5.82 Å². The third kappa shape index (κ3) is 3.42. The molecule has 0 aliphatic heterocycles. The van der Waals surface area contributed by atoms with Crippen molar-refractivity contribution in [1.82, 2.24) is 4.98 Å². The smallest absolute Gasteiger partial charge is 0.196 e. The summed E-state index contributed by atoms with van der Waals surface area (Å²) in [6.07, 6.45) is 2.52. The van der Waals surface area contributed by atoms with Gasteiger partial charge in [-0.2, -0.15) is 0 Å².